The minimum atomic E-state index is 0. The third kappa shape index (κ3) is 6.66. The summed E-state index contributed by atoms with van der Waals surface area (Å²) in [5.41, 5.74) is 3.24. The van der Waals surface area contributed by atoms with Crippen LogP contribution in [0, 0.1) is 12.3 Å². The molecular formula is C23H27IN4O2. The zero-order valence-corrected chi connectivity index (χ0v) is 19.3. The summed E-state index contributed by atoms with van der Waals surface area (Å²) >= 11 is 0. The number of benzene rings is 2. The van der Waals surface area contributed by atoms with E-state index in [0.717, 1.165) is 35.9 Å². The predicted molar refractivity (Wildman–Crippen MR) is 132 cm³/mol. The van der Waals surface area contributed by atoms with Crippen LogP contribution in [-0.4, -0.2) is 38.6 Å². The number of amides is 1. The maximum Gasteiger partial charge on any atom is 0.225 e. The second-order valence-electron chi connectivity index (χ2n) is 6.80. The normalized spacial score (nSPS) is 15.1. The van der Waals surface area contributed by atoms with Gasteiger partial charge in [-0.1, -0.05) is 36.3 Å². The second kappa shape index (κ2) is 12.1. The molecule has 158 valence electrons. The average molecular weight is 518 g/mol. The molecule has 0 aromatic heterocycles. The Balaban J connectivity index is 0.00000320. The fraction of sp³-hybridized carbons (Fsp3) is 0.304. The number of terminal acetylenes is 1. The molecule has 0 saturated heterocycles. The number of carbonyl (C=O) groups excluding carboxylic acids is 1. The zero-order chi connectivity index (χ0) is 20.5. The Kier molecular flexibility index (Phi) is 9.48. The van der Waals surface area contributed by atoms with E-state index in [1.807, 2.05) is 42.5 Å². The van der Waals surface area contributed by atoms with Crippen LogP contribution in [0.4, 0.5) is 5.69 Å². The molecule has 0 bridgehead atoms. The van der Waals surface area contributed by atoms with Gasteiger partial charge in [-0.15, -0.1) is 30.4 Å². The first kappa shape index (κ1) is 23.5. The van der Waals surface area contributed by atoms with Crippen molar-refractivity contribution >= 4 is 41.5 Å². The molecule has 1 unspecified atom stereocenters. The molecule has 0 aliphatic carbocycles. The van der Waals surface area contributed by atoms with Gasteiger partial charge in [0.15, 0.2) is 5.96 Å². The van der Waals surface area contributed by atoms with Gasteiger partial charge in [-0.3, -0.25) is 9.79 Å². The summed E-state index contributed by atoms with van der Waals surface area (Å²) in [5.74, 6) is 4.12. The Morgan fingerprint density at radius 1 is 1.23 bits per heavy atom. The van der Waals surface area contributed by atoms with Gasteiger partial charge in [-0.2, -0.15) is 0 Å². The maximum atomic E-state index is 12.0. The second-order valence-corrected chi connectivity index (χ2v) is 6.80. The van der Waals surface area contributed by atoms with Crippen molar-refractivity contribution in [1.29, 1.82) is 0 Å². The lowest BCUT2D eigenvalue weighted by molar-refractivity contribution is -0.116. The van der Waals surface area contributed by atoms with Gasteiger partial charge in [0.25, 0.3) is 0 Å². The molecule has 1 aliphatic heterocycles. The van der Waals surface area contributed by atoms with Crippen LogP contribution in [-0.2, 0) is 11.2 Å². The molecule has 0 radical (unpaired) electrons. The number of nitrogens with zero attached hydrogens (tertiary/aromatic N) is 1. The van der Waals surface area contributed by atoms with Crippen molar-refractivity contribution in [2.24, 2.45) is 4.99 Å². The van der Waals surface area contributed by atoms with Crippen LogP contribution in [0.2, 0.25) is 0 Å². The number of anilines is 1. The SMILES string of the molecule is C#CCOc1ccc(CCNC(=NC)NCC2CC(=O)Nc3ccccc32)cc1.I. The smallest absolute Gasteiger partial charge is 0.225 e. The molecule has 1 aliphatic rings. The van der Waals surface area contributed by atoms with Crippen LogP contribution < -0.4 is 20.7 Å². The molecule has 7 heteroatoms. The standard InChI is InChI=1S/C23H26N4O2.HI/c1-3-14-29-19-10-8-17(9-11-19)12-13-25-23(24-2)26-16-18-15-22(28)27-21-7-5-4-6-20(18)21;/h1,4-11,18H,12-16H2,2H3,(H,27,28)(H2,24,25,26);1H. The molecule has 2 aromatic rings. The highest BCUT2D eigenvalue weighted by molar-refractivity contribution is 14.0. The molecule has 1 heterocycles. The van der Waals surface area contributed by atoms with Gasteiger partial charge < -0.3 is 20.7 Å². The van der Waals surface area contributed by atoms with Crippen molar-refractivity contribution in [3.05, 3.63) is 59.7 Å². The third-order valence-electron chi connectivity index (χ3n) is 4.80. The predicted octanol–water partition coefficient (Wildman–Crippen LogP) is 3.15. The lowest BCUT2D eigenvalue weighted by atomic mass is 9.90. The number of carbonyl (C=O) groups is 1. The number of rotatable bonds is 7. The highest BCUT2D eigenvalue weighted by atomic mass is 127. The average Bonchev–Trinajstić information content (AvgIpc) is 2.75. The number of nitrogens with one attached hydrogen (secondary N) is 3. The minimum Gasteiger partial charge on any atom is -0.481 e. The van der Waals surface area contributed by atoms with Crippen molar-refractivity contribution in [2.45, 2.75) is 18.8 Å². The highest BCUT2D eigenvalue weighted by Gasteiger charge is 2.24. The van der Waals surface area contributed by atoms with Gasteiger partial charge in [0.05, 0.1) is 0 Å². The van der Waals surface area contributed by atoms with E-state index in [4.69, 9.17) is 11.2 Å². The zero-order valence-electron chi connectivity index (χ0n) is 17.0. The van der Waals surface area contributed by atoms with E-state index >= 15 is 0 Å². The van der Waals surface area contributed by atoms with E-state index in [0.29, 0.717) is 13.0 Å². The molecule has 3 rings (SSSR count). The van der Waals surface area contributed by atoms with Crippen molar-refractivity contribution < 1.29 is 9.53 Å². The van der Waals surface area contributed by atoms with Crippen LogP contribution in [0.5, 0.6) is 5.75 Å². The Hall–Kier alpha value is -2.73. The van der Waals surface area contributed by atoms with Crippen LogP contribution in [0.1, 0.15) is 23.5 Å². The summed E-state index contributed by atoms with van der Waals surface area (Å²) in [4.78, 5) is 16.2. The first-order valence-corrected chi connectivity index (χ1v) is 9.68. The first-order chi connectivity index (χ1) is 14.2. The molecule has 0 saturated carbocycles. The summed E-state index contributed by atoms with van der Waals surface area (Å²) in [6, 6.07) is 15.8. The van der Waals surface area contributed by atoms with E-state index in [-0.39, 0.29) is 42.4 Å². The minimum absolute atomic E-state index is 0. The third-order valence-corrected chi connectivity index (χ3v) is 4.80. The fourth-order valence-electron chi connectivity index (χ4n) is 3.33. The van der Waals surface area contributed by atoms with Crippen LogP contribution in [0.25, 0.3) is 0 Å². The Morgan fingerprint density at radius 2 is 2.00 bits per heavy atom. The van der Waals surface area contributed by atoms with Gasteiger partial charge in [0, 0.05) is 38.2 Å². The first-order valence-electron chi connectivity index (χ1n) is 9.68. The summed E-state index contributed by atoms with van der Waals surface area (Å²) in [6.45, 7) is 1.66. The molecule has 1 amide bonds. The largest absolute Gasteiger partial charge is 0.481 e. The summed E-state index contributed by atoms with van der Waals surface area (Å²) in [5, 5.41) is 9.59. The number of hydrogen-bond donors (Lipinski definition) is 3. The van der Waals surface area contributed by atoms with E-state index in [1.54, 1.807) is 7.05 Å². The van der Waals surface area contributed by atoms with Gasteiger partial charge >= 0.3 is 0 Å². The number of guanidine groups is 1. The van der Waals surface area contributed by atoms with Crippen molar-refractivity contribution in [1.82, 2.24) is 10.6 Å². The lowest BCUT2D eigenvalue weighted by Crippen LogP contribution is -2.41. The van der Waals surface area contributed by atoms with E-state index in [9.17, 15) is 4.79 Å². The Labute approximate surface area is 194 Å². The van der Waals surface area contributed by atoms with Crippen molar-refractivity contribution in [3.8, 4) is 18.1 Å². The van der Waals surface area contributed by atoms with Crippen molar-refractivity contribution in [3.63, 3.8) is 0 Å². The number of ether oxygens (including phenoxy) is 1. The van der Waals surface area contributed by atoms with Crippen molar-refractivity contribution in [2.75, 3.05) is 32.1 Å². The highest BCUT2D eigenvalue weighted by Crippen LogP contribution is 2.31. The number of halogens is 1. The van der Waals surface area contributed by atoms with Gasteiger partial charge in [0.1, 0.15) is 12.4 Å². The van der Waals surface area contributed by atoms with E-state index in [2.05, 4.69) is 32.9 Å². The molecule has 30 heavy (non-hydrogen) atoms. The van der Waals surface area contributed by atoms with E-state index in [1.165, 1.54) is 5.56 Å². The Bertz CT molecular complexity index is 906. The monoisotopic (exact) mass is 518 g/mol. The molecule has 0 fully saturated rings. The lowest BCUT2D eigenvalue weighted by Gasteiger charge is -2.26. The van der Waals surface area contributed by atoms with Crippen LogP contribution in [0.3, 0.4) is 0 Å². The molecule has 3 N–H and O–H groups in total. The number of aliphatic imine (C=N–C) groups is 1. The fourth-order valence-corrected chi connectivity index (χ4v) is 3.33. The summed E-state index contributed by atoms with van der Waals surface area (Å²) < 4.78 is 5.38. The molecule has 1 atom stereocenters. The quantitative estimate of drug-likeness (QED) is 0.228. The topological polar surface area (TPSA) is 74.8 Å². The van der Waals surface area contributed by atoms with E-state index < -0.39 is 0 Å². The molecule has 6 nitrogen and oxygen atoms in total. The number of para-hydroxylation sites is 1. The number of hydrogen-bond acceptors (Lipinski definition) is 3. The Morgan fingerprint density at radius 3 is 2.73 bits per heavy atom. The van der Waals surface area contributed by atoms with Crippen LogP contribution in [0.15, 0.2) is 53.5 Å². The van der Waals surface area contributed by atoms with Gasteiger partial charge in [0.2, 0.25) is 5.91 Å². The van der Waals surface area contributed by atoms with Gasteiger partial charge in [-0.25, -0.2) is 0 Å². The summed E-state index contributed by atoms with van der Waals surface area (Å²) in [6.07, 6.45) is 6.52. The summed E-state index contributed by atoms with van der Waals surface area (Å²) in [7, 11) is 1.74. The molecule has 0 spiro atoms. The van der Waals surface area contributed by atoms with Crippen LogP contribution >= 0.6 is 24.0 Å². The number of fused-ring (bicyclic) bond motifs is 1. The maximum absolute atomic E-state index is 12.0. The molecule has 2 aromatic carbocycles. The molecular weight excluding hydrogens is 491 g/mol. The van der Waals surface area contributed by atoms with Gasteiger partial charge in [-0.05, 0) is 35.7 Å².